The van der Waals surface area contributed by atoms with Crippen molar-refractivity contribution in [2.24, 2.45) is 0 Å². The molecule has 3 rings (SSSR count). The van der Waals surface area contributed by atoms with E-state index in [9.17, 15) is 0 Å². The summed E-state index contributed by atoms with van der Waals surface area (Å²) in [5.74, 6) is 0.769. The molecule has 0 bridgehead atoms. The molecule has 0 radical (unpaired) electrons. The summed E-state index contributed by atoms with van der Waals surface area (Å²) in [4.78, 5) is 0. The Kier molecular flexibility index (Phi) is 7.22. The van der Waals surface area contributed by atoms with Gasteiger partial charge in [0.25, 0.3) is 0 Å². The van der Waals surface area contributed by atoms with Gasteiger partial charge in [-0.15, -0.1) is 0 Å². The van der Waals surface area contributed by atoms with Crippen molar-refractivity contribution in [1.29, 1.82) is 0 Å². The van der Waals surface area contributed by atoms with Crippen LogP contribution in [-0.4, -0.2) is 0 Å². The summed E-state index contributed by atoms with van der Waals surface area (Å²) in [5.41, 5.74) is 4.56. The lowest BCUT2D eigenvalue weighted by molar-refractivity contribution is 0.302. The topological polar surface area (TPSA) is 21.3 Å². The third-order valence-electron chi connectivity index (χ3n) is 4.25. The standard InChI is InChI=1S/C22H20Br2ClNO/c1-2-15-7-9-18(10-8-15)26-13-16-11-19(23)22(20(24)12-16)27-14-17-5-3-4-6-21(17)25/h3-12,26H,2,13-14H2,1H3. The van der Waals surface area contributed by atoms with Gasteiger partial charge in [0, 0.05) is 22.8 Å². The van der Waals surface area contributed by atoms with E-state index in [1.54, 1.807) is 0 Å². The van der Waals surface area contributed by atoms with Crippen molar-refractivity contribution in [1.82, 2.24) is 0 Å². The molecule has 0 aliphatic carbocycles. The summed E-state index contributed by atoms with van der Waals surface area (Å²) >= 11 is 13.4. The summed E-state index contributed by atoms with van der Waals surface area (Å²) in [6.07, 6.45) is 1.05. The van der Waals surface area contributed by atoms with Crippen LogP contribution in [0.25, 0.3) is 0 Å². The van der Waals surface area contributed by atoms with Gasteiger partial charge in [-0.2, -0.15) is 0 Å². The molecule has 0 atom stereocenters. The monoisotopic (exact) mass is 507 g/mol. The number of anilines is 1. The predicted molar refractivity (Wildman–Crippen MR) is 121 cm³/mol. The van der Waals surface area contributed by atoms with Crippen LogP contribution in [0.5, 0.6) is 5.75 Å². The fraction of sp³-hybridized carbons (Fsp3) is 0.182. The van der Waals surface area contributed by atoms with Gasteiger partial charge < -0.3 is 10.1 Å². The van der Waals surface area contributed by atoms with Crippen molar-refractivity contribution in [3.05, 3.63) is 91.3 Å². The number of halogens is 3. The van der Waals surface area contributed by atoms with Crippen LogP contribution in [0.1, 0.15) is 23.6 Å². The summed E-state index contributed by atoms with van der Waals surface area (Å²) in [6, 6.07) is 20.4. The first-order chi connectivity index (χ1) is 13.1. The second-order valence-electron chi connectivity index (χ2n) is 6.17. The minimum absolute atomic E-state index is 0.415. The quantitative estimate of drug-likeness (QED) is 0.354. The minimum atomic E-state index is 0.415. The molecule has 0 unspecified atom stereocenters. The molecule has 0 saturated carbocycles. The SMILES string of the molecule is CCc1ccc(NCc2cc(Br)c(OCc3ccccc3Cl)c(Br)c2)cc1. The molecule has 0 heterocycles. The number of hydrogen-bond donors (Lipinski definition) is 1. The highest BCUT2D eigenvalue weighted by atomic mass is 79.9. The molecule has 0 aliphatic rings. The van der Waals surface area contributed by atoms with Crippen LogP contribution < -0.4 is 10.1 Å². The van der Waals surface area contributed by atoms with Gasteiger partial charge in [-0.25, -0.2) is 0 Å². The Morgan fingerprint density at radius 1 is 0.926 bits per heavy atom. The Hall–Kier alpha value is -1.49. The zero-order chi connectivity index (χ0) is 19.2. The van der Waals surface area contributed by atoms with E-state index in [0.717, 1.165) is 44.5 Å². The summed E-state index contributed by atoms with van der Waals surface area (Å²) in [5, 5.41) is 4.16. The van der Waals surface area contributed by atoms with Crippen molar-refractivity contribution < 1.29 is 4.74 Å². The smallest absolute Gasteiger partial charge is 0.148 e. The molecule has 27 heavy (non-hydrogen) atoms. The first kappa shape index (κ1) is 20.2. The maximum Gasteiger partial charge on any atom is 0.148 e. The number of rotatable bonds is 7. The number of nitrogens with one attached hydrogen (secondary N) is 1. The van der Waals surface area contributed by atoms with Gasteiger partial charge in [0.2, 0.25) is 0 Å². The first-order valence-electron chi connectivity index (χ1n) is 8.73. The molecule has 5 heteroatoms. The first-order valence-corrected chi connectivity index (χ1v) is 10.7. The van der Waals surface area contributed by atoms with Gasteiger partial charge in [0.15, 0.2) is 0 Å². The average Bonchev–Trinajstić information content (AvgIpc) is 2.67. The lowest BCUT2D eigenvalue weighted by Gasteiger charge is -2.14. The summed E-state index contributed by atoms with van der Waals surface area (Å²) in [7, 11) is 0. The summed E-state index contributed by atoms with van der Waals surface area (Å²) in [6.45, 7) is 3.30. The molecule has 0 aromatic heterocycles. The fourth-order valence-corrected chi connectivity index (χ4v) is 4.38. The van der Waals surface area contributed by atoms with Crippen molar-refractivity contribution in [2.45, 2.75) is 26.5 Å². The molecule has 2 nitrogen and oxygen atoms in total. The van der Waals surface area contributed by atoms with Gasteiger partial charge in [0.1, 0.15) is 12.4 Å². The number of ether oxygens (including phenoxy) is 1. The van der Waals surface area contributed by atoms with Crippen LogP contribution in [0, 0.1) is 0 Å². The third-order valence-corrected chi connectivity index (χ3v) is 5.79. The maximum atomic E-state index is 6.20. The van der Waals surface area contributed by atoms with Gasteiger partial charge in [-0.1, -0.05) is 48.9 Å². The molecule has 3 aromatic carbocycles. The third kappa shape index (κ3) is 5.50. The van der Waals surface area contributed by atoms with Crippen LogP contribution in [-0.2, 0) is 19.6 Å². The lowest BCUT2D eigenvalue weighted by atomic mass is 10.1. The average molecular weight is 510 g/mol. The Morgan fingerprint density at radius 3 is 2.22 bits per heavy atom. The van der Waals surface area contributed by atoms with E-state index in [4.69, 9.17) is 16.3 Å². The molecule has 3 aromatic rings. The zero-order valence-electron chi connectivity index (χ0n) is 14.9. The van der Waals surface area contributed by atoms with E-state index in [1.165, 1.54) is 5.56 Å². The minimum Gasteiger partial charge on any atom is -0.486 e. The molecule has 140 valence electrons. The van der Waals surface area contributed by atoms with E-state index in [1.807, 2.05) is 24.3 Å². The van der Waals surface area contributed by atoms with Crippen LogP contribution in [0.4, 0.5) is 5.69 Å². The molecule has 0 fully saturated rings. The highest BCUT2D eigenvalue weighted by Crippen LogP contribution is 2.36. The van der Waals surface area contributed by atoms with Crippen molar-refractivity contribution in [3.63, 3.8) is 0 Å². The predicted octanol–water partition coefficient (Wildman–Crippen LogP) is 7.62. The molecule has 0 amide bonds. The number of aryl methyl sites for hydroxylation is 1. The van der Waals surface area contributed by atoms with Crippen LogP contribution in [0.15, 0.2) is 69.6 Å². The zero-order valence-corrected chi connectivity index (χ0v) is 18.9. The second kappa shape index (κ2) is 9.63. The molecule has 0 spiro atoms. The Labute approximate surface area is 182 Å². The van der Waals surface area contributed by atoms with Gasteiger partial charge in [-0.3, -0.25) is 0 Å². The van der Waals surface area contributed by atoms with E-state index < -0.39 is 0 Å². The van der Waals surface area contributed by atoms with Gasteiger partial charge >= 0.3 is 0 Å². The maximum absolute atomic E-state index is 6.20. The van der Waals surface area contributed by atoms with Gasteiger partial charge in [-0.05, 0) is 79.7 Å². The summed E-state index contributed by atoms with van der Waals surface area (Å²) < 4.78 is 7.79. The van der Waals surface area contributed by atoms with E-state index in [0.29, 0.717) is 11.6 Å². The van der Waals surface area contributed by atoms with Crippen molar-refractivity contribution in [3.8, 4) is 5.75 Å². The molecule has 0 aliphatic heterocycles. The van der Waals surface area contributed by atoms with Crippen molar-refractivity contribution in [2.75, 3.05) is 5.32 Å². The Morgan fingerprint density at radius 2 is 1.59 bits per heavy atom. The highest BCUT2D eigenvalue weighted by Gasteiger charge is 2.10. The Balaban J connectivity index is 1.66. The van der Waals surface area contributed by atoms with Crippen molar-refractivity contribution >= 4 is 49.1 Å². The largest absolute Gasteiger partial charge is 0.486 e. The number of benzene rings is 3. The normalized spacial score (nSPS) is 10.7. The second-order valence-corrected chi connectivity index (χ2v) is 8.29. The van der Waals surface area contributed by atoms with E-state index in [-0.39, 0.29) is 0 Å². The van der Waals surface area contributed by atoms with Gasteiger partial charge in [0.05, 0.1) is 8.95 Å². The lowest BCUT2D eigenvalue weighted by Crippen LogP contribution is -2.02. The molecule has 1 N–H and O–H groups in total. The van der Waals surface area contributed by atoms with Crippen LogP contribution >= 0.6 is 43.5 Å². The molecular weight excluding hydrogens is 490 g/mol. The van der Waals surface area contributed by atoms with Crippen LogP contribution in [0.3, 0.4) is 0 Å². The highest BCUT2D eigenvalue weighted by molar-refractivity contribution is 9.11. The van der Waals surface area contributed by atoms with E-state index >= 15 is 0 Å². The Bertz CT molecular complexity index is 889. The molecule has 0 saturated heterocycles. The van der Waals surface area contributed by atoms with Crippen LogP contribution in [0.2, 0.25) is 5.02 Å². The van der Waals surface area contributed by atoms with E-state index in [2.05, 4.69) is 80.5 Å². The fourth-order valence-electron chi connectivity index (χ4n) is 2.68. The molecular formula is C22H20Br2ClNO. The number of hydrogen-bond acceptors (Lipinski definition) is 2.